The molecular weight excluding hydrogens is 338 g/mol. The van der Waals surface area contributed by atoms with Crippen molar-refractivity contribution in [1.29, 1.82) is 0 Å². The maximum atomic E-state index is 12.4. The monoisotopic (exact) mass is 365 g/mol. The van der Waals surface area contributed by atoms with Crippen molar-refractivity contribution in [3.05, 3.63) is 59.9 Å². The second-order valence-corrected chi connectivity index (χ2v) is 6.70. The number of amides is 1. The van der Waals surface area contributed by atoms with E-state index in [1.165, 1.54) is 11.1 Å². The Hall–Kier alpha value is -2.89. The molecular formula is C21H27N5O. The fourth-order valence-corrected chi connectivity index (χ4v) is 3.25. The predicted octanol–water partition coefficient (Wildman–Crippen LogP) is 2.29. The van der Waals surface area contributed by atoms with Crippen molar-refractivity contribution in [3.63, 3.8) is 0 Å². The summed E-state index contributed by atoms with van der Waals surface area (Å²) in [5, 5.41) is 6.69. The number of hydrogen-bond acceptors (Lipinski definition) is 3. The van der Waals surface area contributed by atoms with Crippen molar-refractivity contribution >= 4 is 17.6 Å². The molecule has 2 N–H and O–H groups in total. The van der Waals surface area contributed by atoms with Crippen molar-refractivity contribution in [2.45, 2.75) is 32.7 Å². The zero-order valence-electron chi connectivity index (χ0n) is 16.0. The van der Waals surface area contributed by atoms with Gasteiger partial charge in [0.15, 0.2) is 5.96 Å². The number of carbonyl (C=O) groups is 1. The first-order valence-electron chi connectivity index (χ1n) is 9.47. The van der Waals surface area contributed by atoms with Gasteiger partial charge >= 0.3 is 0 Å². The van der Waals surface area contributed by atoms with Crippen LogP contribution in [0.25, 0.3) is 0 Å². The first-order chi connectivity index (χ1) is 13.2. The number of nitrogens with zero attached hydrogens (tertiary/aromatic N) is 3. The Morgan fingerprint density at radius 1 is 1.30 bits per heavy atom. The molecule has 2 heterocycles. The van der Waals surface area contributed by atoms with E-state index in [1.54, 1.807) is 0 Å². The highest BCUT2D eigenvalue weighted by Gasteiger charge is 2.30. The van der Waals surface area contributed by atoms with E-state index in [1.807, 2.05) is 60.6 Å². The van der Waals surface area contributed by atoms with Crippen molar-refractivity contribution in [2.24, 2.45) is 4.99 Å². The summed E-state index contributed by atoms with van der Waals surface area (Å²) in [4.78, 5) is 23.0. The number of hydrogen-bond donors (Lipinski definition) is 2. The Kier molecular flexibility index (Phi) is 6.41. The summed E-state index contributed by atoms with van der Waals surface area (Å²) in [5.74, 6) is 0.902. The minimum absolute atomic E-state index is 0.0539. The summed E-state index contributed by atoms with van der Waals surface area (Å²) in [6.45, 7) is 6.22. The number of aliphatic imine (C=N–C) groups is 1. The molecule has 1 atom stereocenters. The number of para-hydroxylation sites is 1. The second kappa shape index (κ2) is 9.16. The number of guanidine groups is 1. The summed E-state index contributed by atoms with van der Waals surface area (Å²) in [7, 11) is 0. The average Bonchev–Trinajstić information content (AvgIpc) is 3.04. The van der Waals surface area contributed by atoms with E-state index >= 15 is 0 Å². The van der Waals surface area contributed by atoms with E-state index in [0.717, 1.165) is 24.6 Å². The van der Waals surface area contributed by atoms with Crippen LogP contribution in [0.3, 0.4) is 0 Å². The third kappa shape index (κ3) is 5.06. The van der Waals surface area contributed by atoms with Crippen LogP contribution in [0, 0.1) is 6.92 Å². The summed E-state index contributed by atoms with van der Waals surface area (Å²) < 4.78 is 0. The second-order valence-electron chi connectivity index (χ2n) is 6.70. The number of nitrogens with one attached hydrogen (secondary N) is 2. The van der Waals surface area contributed by atoms with Gasteiger partial charge in [0.1, 0.15) is 0 Å². The number of aromatic nitrogens is 1. The Labute approximate surface area is 160 Å². The predicted molar refractivity (Wildman–Crippen MR) is 109 cm³/mol. The van der Waals surface area contributed by atoms with Gasteiger partial charge in [-0.15, -0.1) is 0 Å². The SMILES string of the molecule is CCNC(=NCCc1ccncc1C)NC1CC(=O)N(c2ccccc2)C1. The van der Waals surface area contributed by atoms with Crippen molar-refractivity contribution in [2.75, 3.05) is 24.5 Å². The Morgan fingerprint density at radius 3 is 2.85 bits per heavy atom. The highest BCUT2D eigenvalue weighted by atomic mass is 16.2. The van der Waals surface area contributed by atoms with Gasteiger partial charge in [0.25, 0.3) is 0 Å². The fraction of sp³-hybridized carbons (Fsp3) is 0.381. The minimum Gasteiger partial charge on any atom is -0.357 e. The van der Waals surface area contributed by atoms with Gasteiger partial charge in [0.05, 0.1) is 6.04 Å². The number of benzene rings is 1. The van der Waals surface area contributed by atoms with E-state index < -0.39 is 0 Å². The zero-order chi connectivity index (χ0) is 19.1. The van der Waals surface area contributed by atoms with Crippen LogP contribution in [0.15, 0.2) is 53.8 Å². The first-order valence-corrected chi connectivity index (χ1v) is 9.47. The topological polar surface area (TPSA) is 69.6 Å². The Morgan fingerprint density at radius 2 is 2.11 bits per heavy atom. The maximum Gasteiger partial charge on any atom is 0.229 e. The lowest BCUT2D eigenvalue weighted by atomic mass is 10.1. The highest BCUT2D eigenvalue weighted by molar-refractivity contribution is 5.97. The third-order valence-corrected chi connectivity index (χ3v) is 4.67. The van der Waals surface area contributed by atoms with E-state index in [4.69, 9.17) is 0 Å². The minimum atomic E-state index is 0.0539. The third-order valence-electron chi connectivity index (χ3n) is 4.67. The molecule has 0 saturated carbocycles. The molecule has 1 unspecified atom stereocenters. The van der Waals surface area contributed by atoms with Gasteiger partial charge in [-0.25, -0.2) is 0 Å². The fourth-order valence-electron chi connectivity index (χ4n) is 3.25. The van der Waals surface area contributed by atoms with Gasteiger partial charge in [0, 0.05) is 44.1 Å². The molecule has 6 heteroatoms. The quantitative estimate of drug-likeness (QED) is 0.609. The molecule has 6 nitrogen and oxygen atoms in total. The molecule has 1 fully saturated rings. The Bertz CT molecular complexity index is 790. The maximum absolute atomic E-state index is 12.4. The lowest BCUT2D eigenvalue weighted by Crippen LogP contribution is -2.44. The molecule has 3 rings (SSSR count). The summed E-state index contributed by atoms with van der Waals surface area (Å²) >= 11 is 0. The largest absolute Gasteiger partial charge is 0.357 e. The van der Waals surface area contributed by atoms with Crippen LogP contribution >= 0.6 is 0 Å². The van der Waals surface area contributed by atoms with Crippen LogP contribution in [0.4, 0.5) is 5.69 Å². The first kappa shape index (κ1) is 18.9. The Balaban J connectivity index is 1.59. The molecule has 1 aliphatic heterocycles. The van der Waals surface area contributed by atoms with E-state index in [9.17, 15) is 4.79 Å². The van der Waals surface area contributed by atoms with Crippen LogP contribution in [-0.2, 0) is 11.2 Å². The lowest BCUT2D eigenvalue weighted by molar-refractivity contribution is -0.117. The molecule has 1 aliphatic rings. The number of carbonyl (C=O) groups excluding carboxylic acids is 1. The molecule has 0 radical (unpaired) electrons. The van der Waals surface area contributed by atoms with Gasteiger partial charge in [0.2, 0.25) is 5.91 Å². The summed E-state index contributed by atoms with van der Waals surface area (Å²) in [6, 6.07) is 11.9. The average molecular weight is 365 g/mol. The number of pyridine rings is 1. The molecule has 1 aromatic heterocycles. The molecule has 27 heavy (non-hydrogen) atoms. The standard InChI is InChI=1S/C21H27N5O/c1-3-23-21(24-12-10-17-9-11-22-14-16(17)2)25-18-13-20(27)26(15-18)19-7-5-4-6-8-19/h4-9,11,14,18H,3,10,12-13,15H2,1-2H3,(H2,23,24,25). The van der Waals surface area contributed by atoms with Gasteiger partial charge in [-0.3, -0.25) is 14.8 Å². The highest BCUT2D eigenvalue weighted by Crippen LogP contribution is 2.20. The number of rotatable bonds is 6. The molecule has 0 spiro atoms. The van der Waals surface area contributed by atoms with Crippen LogP contribution in [-0.4, -0.2) is 42.5 Å². The van der Waals surface area contributed by atoms with Crippen LogP contribution in [0.1, 0.15) is 24.5 Å². The number of aryl methyl sites for hydroxylation is 1. The zero-order valence-corrected chi connectivity index (χ0v) is 16.0. The molecule has 1 amide bonds. The number of anilines is 1. The molecule has 0 aliphatic carbocycles. The normalized spacial score (nSPS) is 17.3. The van der Waals surface area contributed by atoms with Gasteiger partial charge in [-0.2, -0.15) is 0 Å². The van der Waals surface area contributed by atoms with Gasteiger partial charge in [-0.1, -0.05) is 18.2 Å². The molecule has 142 valence electrons. The van der Waals surface area contributed by atoms with Gasteiger partial charge in [-0.05, 0) is 49.6 Å². The van der Waals surface area contributed by atoms with Gasteiger partial charge < -0.3 is 15.5 Å². The van der Waals surface area contributed by atoms with Crippen LogP contribution < -0.4 is 15.5 Å². The van der Waals surface area contributed by atoms with E-state index in [0.29, 0.717) is 19.5 Å². The van der Waals surface area contributed by atoms with Crippen molar-refractivity contribution in [3.8, 4) is 0 Å². The van der Waals surface area contributed by atoms with Crippen molar-refractivity contribution in [1.82, 2.24) is 15.6 Å². The lowest BCUT2D eigenvalue weighted by Gasteiger charge is -2.19. The molecule has 0 bridgehead atoms. The molecule has 1 aromatic carbocycles. The molecule has 1 saturated heterocycles. The molecule has 2 aromatic rings. The van der Waals surface area contributed by atoms with Crippen molar-refractivity contribution < 1.29 is 4.79 Å². The van der Waals surface area contributed by atoms with E-state index in [-0.39, 0.29) is 11.9 Å². The summed E-state index contributed by atoms with van der Waals surface area (Å²) in [6.07, 6.45) is 5.04. The van der Waals surface area contributed by atoms with Crippen LogP contribution in [0.5, 0.6) is 0 Å². The van der Waals surface area contributed by atoms with E-state index in [2.05, 4.69) is 27.5 Å². The summed E-state index contributed by atoms with van der Waals surface area (Å²) in [5.41, 5.74) is 3.39. The smallest absolute Gasteiger partial charge is 0.229 e. The van der Waals surface area contributed by atoms with Crippen LogP contribution in [0.2, 0.25) is 0 Å².